The minimum absolute atomic E-state index is 0.125. The van der Waals surface area contributed by atoms with E-state index in [2.05, 4.69) is 18.8 Å². The van der Waals surface area contributed by atoms with Gasteiger partial charge in [0.2, 0.25) is 0 Å². The van der Waals surface area contributed by atoms with Gasteiger partial charge in [0.05, 0.1) is 5.56 Å². The summed E-state index contributed by atoms with van der Waals surface area (Å²) in [4.78, 5) is 0. The average Bonchev–Trinajstić information content (AvgIpc) is 2.86. The van der Waals surface area contributed by atoms with Gasteiger partial charge >= 0.3 is 6.18 Å². The molecule has 0 amide bonds. The van der Waals surface area contributed by atoms with Crippen molar-refractivity contribution in [2.24, 2.45) is 0 Å². The third-order valence-corrected chi connectivity index (χ3v) is 6.33. The van der Waals surface area contributed by atoms with Gasteiger partial charge in [-0.1, -0.05) is 61.6 Å². The molecule has 0 N–H and O–H groups in total. The zero-order valence-electron chi connectivity index (χ0n) is 21.1. The van der Waals surface area contributed by atoms with Crippen molar-refractivity contribution in [3.8, 4) is 34.1 Å². The average molecular weight is 541 g/mol. The predicted molar refractivity (Wildman–Crippen MR) is 138 cm³/mol. The Morgan fingerprint density at radius 1 is 0.667 bits per heavy atom. The van der Waals surface area contributed by atoms with Crippen LogP contribution in [0, 0.1) is 42.0 Å². The highest BCUT2D eigenvalue weighted by Gasteiger charge is 2.37. The second-order valence-electron chi connectivity index (χ2n) is 9.21. The van der Waals surface area contributed by atoms with E-state index in [0.29, 0.717) is 23.3 Å². The first kappa shape index (κ1) is 28.0. The van der Waals surface area contributed by atoms with E-state index < -0.39 is 35.0 Å². The fourth-order valence-electron chi connectivity index (χ4n) is 4.28. The van der Waals surface area contributed by atoms with Crippen LogP contribution in [0.4, 0.5) is 30.7 Å². The Hall–Kier alpha value is -4.05. The summed E-state index contributed by atoms with van der Waals surface area (Å²) in [7, 11) is 0. The van der Waals surface area contributed by atoms with Crippen molar-refractivity contribution in [3.63, 3.8) is 0 Å². The third-order valence-electron chi connectivity index (χ3n) is 6.33. The minimum atomic E-state index is -5.20. The number of hydrogen-bond acceptors (Lipinski definition) is 0. The molecule has 0 atom stereocenters. The van der Waals surface area contributed by atoms with Gasteiger partial charge in [-0.3, -0.25) is 0 Å². The molecule has 7 heteroatoms. The first-order valence-corrected chi connectivity index (χ1v) is 12.3. The van der Waals surface area contributed by atoms with E-state index in [9.17, 15) is 26.3 Å². The lowest BCUT2D eigenvalue weighted by molar-refractivity contribution is -0.142. The molecule has 4 rings (SSSR count). The van der Waals surface area contributed by atoms with Gasteiger partial charge in [-0.2, -0.15) is 13.2 Å². The summed E-state index contributed by atoms with van der Waals surface area (Å²) >= 11 is 0. The molecule has 0 aromatic heterocycles. The maximum absolute atomic E-state index is 15.1. The third kappa shape index (κ3) is 6.34. The van der Waals surface area contributed by atoms with Gasteiger partial charge in [0.1, 0.15) is 28.8 Å². The van der Waals surface area contributed by atoms with E-state index in [1.54, 1.807) is 12.1 Å². The van der Waals surface area contributed by atoms with Crippen LogP contribution in [0.3, 0.4) is 0 Å². The van der Waals surface area contributed by atoms with Crippen LogP contribution in [0.5, 0.6) is 0 Å². The molecule has 0 aliphatic rings. The van der Waals surface area contributed by atoms with E-state index in [-0.39, 0.29) is 22.3 Å². The number of benzene rings is 4. The molecule has 4 aromatic carbocycles. The summed E-state index contributed by atoms with van der Waals surface area (Å²) in [6.07, 6.45) is -2.03. The molecule has 0 bridgehead atoms. The Kier molecular flexibility index (Phi) is 8.15. The molecule has 39 heavy (non-hydrogen) atoms. The molecule has 0 radical (unpaired) electrons. The quantitative estimate of drug-likeness (QED) is 0.175. The highest BCUT2D eigenvalue weighted by molar-refractivity contribution is 5.72. The summed E-state index contributed by atoms with van der Waals surface area (Å²) in [6.45, 7) is 3.65. The molecule has 0 spiro atoms. The Morgan fingerprint density at radius 2 is 1.28 bits per heavy atom. The van der Waals surface area contributed by atoms with Gasteiger partial charge in [-0.15, -0.1) is 0 Å². The maximum Gasteiger partial charge on any atom is 0.422 e. The fraction of sp³-hybridized carbons (Fsp3) is 0.188. The van der Waals surface area contributed by atoms with Gasteiger partial charge in [-0.25, -0.2) is 17.6 Å². The largest absolute Gasteiger partial charge is 0.422 e. The first-order valence-electron chi connectivity index (χ1n) is 12.3. The van der Waals surface area contributed by atoms with E-state index in [1.165, 1.54) is 24.6 Å². The SMILES string of the molecule is CCCCc1ccc(-c2ccc(-c3cc(C)c(C#Cc4cc(F)c(C(F)(F)F)c(F)c4)c(F)c3)c(F)c2)cc1. The number of aryl methyl sites for hydroxylation is 2. The second kappa shape index (κ2) is 11.4. The Labute approximate surface area is 222 Å². The summed E-state index contributed by atoms with van der Waals surface area (Å²) < 4.78 is 96.0. The van der Waals surface area contributed by atoms with Crippen molar-refractivity contribution in [1.82, 2.24) is 0 Å². The fourth-order valence-corrected chi connectivity index (χ4v) is 4.28. The van der Waals surface area contributed by atoms with Crippen molar-refractivity contribution in [3.05, 3.63) is 118 Å². The molecule has 4 aromatic rings. The van der Waals surface area contributed by atoms with Crippen LogP contribution in [0.2, 0.25) is 0 Å². The van der Waals surface area contributed by atoms with Crippen molar-refractivity contribution in [2.75, 3.05) is 0 Å². The van der Waals surface area contributed by atoms with Crippen molar-refractivity contribution in [2.45, 2.75) is 39.3 Å². The lowest BCUT2D eigenvalue weighted by atomic mass is 9.96. The molecule has 0 aliphatic carbocycles. The Balaban J connectivity index is 1.60. The molecule has 0 saturated heterocycles. The van der Waals surface area contributed by atoms with Gasteiger partial charge < -0.3 is 0 Å². The Morgan fingerprint density at radius 3 is 1.85 bits per heavy atom. The van der Waals surface area contributed by atoms with E-state index in [0.717, 1.165) is 30.9 Å². The van der Waals surface area contributed by atoms with Gasteiger partial charge in [0.25, 0.3) is 0 Å². The van der Waals surface area contributed by atoms with Crippen LogP contribution in [-0.2, 0) is 12.6 Å². The number of hydrogen-bond donors (Lipinski definition) is 0. The molecule has 0 nitrogen and oxygen atoms in total. The molecular weight excluding hydrogens is 517 g/mol. The van der Waals surface area contributed by atoms with E-state index in [4.69, 9.17) is 0 Å². The number of unbranched alkanes of at least 4 members (excludes halogenated alkanes) is 1. The second-order valence-corrected chi connectivity index (χ2v) is 9.21. The van der Waals surface area contributed by atoms with Crippen molar-refractivity contribution in [1.29, 1.82) is 0 Å². The summed E-state index contributed by atoms with van der Waals surface area (Å²) in [5.41, 5.74) is 0.959. The van der Waals surface area contributed by atoms with Crippen LogP contribution in [-0.4, -0.2) is 0 Å². The maximum atomic E-state index is 15.1. The highest BCUT2D eigenvalue weighted by Crippen LogP contribution is 2.34. The normalized spacial score (nSPS) is 11.3. The van der Waals surface area contributed by atoms with E-state index in [1.807, 2.05) is 24.3 Å². The van der Waals surface area contributed by atoms with Crippen LogP contribution in [0.25, 0.3) is 22.3 Å². The van der Waals surface area contributed by atoms with Gasteiger partial charge in [-0.05, 0) is 77.9 Å². The first-order chi connectivity index (χ1) is 18.5. The monoisotopic (exact) mass is 540 g/mol. The number of halogens is 7. The molecule has 200 valence electrons. The number of rotatable bonds is 5. The van der Waals surface area contributed by atoms with Gasteiger partial charge in [0.15, 0.2) is 0 Å². The molecule has 0 saturated carbocycles. The zero-order chi connectivity index (χ0) is 28.3. The standard InChI is InChI=1S/C32H23F7/c1-3-4-5-20-6-9-22(10-7-20)23-11-13-26(28(34)17-23)24-14-19(2)25(27(33)18-24)12-8-21-15-29(35)31(30(36)16-21)32(37,38)39/h6-7,9-11,13-18H,3-5H2,1-2H3. The Bertz CT molecular complexity index is 1520. The van der Waals surface area contributed by atoms with Crippen LogP contribution in [0.1, 0.15) is 47.6 Å². The zero-order valence-corrected chi connectivity index (χ0v) is 21.1. The number of alkyl halides is 3. The highest BCUT2D eigenvalue weighted by atomic mass is 19.4. The molecule has 0 aliphatic heterocycles. The molecule has 0 fully saturated rings. The smallest absolute Gasteiger partial charge is 0.206 e. The predicted octanol–water partition coefficient (Wildman–Crippen LogP) is 9.65. The van der Waals surface area contributed by atoms with Crippen LogP contribution >= 0.6 is 0 Å². The molecule has 0 unspecified atom stereocenters. The van der Waals surface area contributed by atoms with Gasteiger partial charge in [0, 0.05) is 11.1 Å². The minimum Gasteiger partial charge on any atom is -0.206 e. The lowest BCUT2D eigenvalue weighted by Crippen LogP contribution is -2.11. The summed E-state index contributed by atoms with van der Waals surface area (Å²) in [6, 6.07) is 16.1. The van der Waals surface area contributed by atoms with Crippen LogP contribution in [0.15, 0.2) is 66.7 Å². The van der Waals surface area contributed by atoms with E-state index >= 15 is 4.39 Å². The molecule has 0 heterocycles. The van der Waals surface area contributed by atoms with Crippen molar-refractivity contribution >= 4 is 0 Å². The molecular formula is C32H23F7. The summed E-state index contributed by atoms with van der Waals surface area (Å²) in [5, 5.41) is 0. The lowest BCUT2D eigenvalue weighted by Gasteiger charge is -2.10. The topological polar surface area (TPSA) is 0 Å². The summed E-state index contributed by atoms with van der Waals surface area (Å²) in [5.74, 6) is -0.262. The van der Waals surface area contributed by atoms with Crippen molar-refractivity contribution < 1.29 is 30.7 Å². The van der Waals surface area contributed by atoms with Crippen LogP contribution < -0.4 is 0 Å².